The third-order valence-electron chi connectivity index (χ3n) is 4.66. The zero-order chi connectivity index (χ0) is 15.6. The molecule has 1 saturated carbocycles. The van der Waals surface area contributed by atoms with Crippen molar-refractivity contribution in [3.63, 3.8) is 0 Å². The van der Waals surface area contributed by atoms with Crippen LogP contribution in [0.15, 0.2) is 12.4 Å². The average Bonchev–Trinajstić information content (AvgIpc) is 3.00. The summed E-state index contributed by atoms with van der Waals surface area (Å²) in [4.78, 5) is 21.3. The number of urea groups is 1. The Morgan fingerprint density at radius 3 is 2.77 bits per heavy atom. The van der Waals surface area contributed by atoms with E-state index in [1.165, 1.54) is 0 Å². The van der Waals surface area contributed by atoms with E-state index < -0.39 is 12.0 Å². The Hall–Kier alpha value is -1.66. The van der Waals surface area contributed by atoms with E-state index in [4.69, 9.17) is 0 Å². The molecule has 1 aliphatic heterocycles. The van der Waals surface area contributed by atoms with Crippen LogP contribution in [0.25, 0.3) is 0 Å². The van der Waals surface area contributed by atoms with Crippen LogP contribution in [-0.4, -0.2) is 46.0 Å². The van der Waals surface area contributed by atoms with E-state index in [2.05, 4.69) is 15.3 Å². The van der Waals surface area contributed by atoms with Crippen LogP contribution < -0.4 is 5.32 Å². The summed E-state index contributed by atoms with van der Waals surface area (Å²) in [6.45, 7) is 1.28. The Morgan fingerprint density at radius 1 is 1.36 bits per heavy atom. The standard InChI is InChI=1S/C15H22F2N4O/c16-15(17)5-1-2-12(10-15)20-14(22)21-8-3-11(4-9-21)13-18-6-7-19-13/h6-7,11-12H,1-5,8-10H2,(H,18,19)(H,20,22). The Morgan fingerprint density at radius 2 is 2.14 bits per heavy atom. The number of aromatic nitrogens is 2. The average molecular weight is 312 g/mol. The highest BCUT2D eigenvalue weighted by Gasteiger charge is 2.37. The molecule has 3 rings (SSSR count). The maximum atomic E-state index is 13.4. The van der Waals surface area contributed by atoms with Gasteiger partial charge in [-0.1, -0.05) is 0 Å². The summed E-state index contributed by atoms with van der Waals surface area (Å²) in [7, 11) is 0. The van der Waals surface area contributed by atoms with Crippen LogP contribution in [0.3, 0.4) is 0 Å². The van der Waals surface area contributed by atoms with Gasteiger partial charge in [0.25, 0.3) is 0 Å². The van der Waals surface area contributed by atoms with E-state index in [9.17, 15) is 13.6 Å². The van der Waals surface area contributed by atoms with Crippen molar-refractivity contribution in [1.29, 1.82) is 0 Å². The molecule has 5 nitrogen and oxygen atoms in total. The Kier molecular flexibility index (Phi) is 4.31. The summed E-state index contributed by atoms with van der Waals surface area (Å²) < 4.78 is 26.8. The molecule has 2 amide bonds. The zero-order valence-electron chi connectivity index (χ0n) is 12.5. The summed E-state index contributed by atoms with van der Waals surface area (Å²) in [6.07, 6.45) is 6.05. The summed E-state index contributed by atoms with van der Waals surface area (Å²) in [5.74, 6) is -1.33. The van der Waals surface area contributed by atoms with Crippen molar-refractivity contribution in [2.75, 3.05) is 13.1 Å². The van der Waals surface area contributed by atoms with Gasteiger partial charge >= 0.3 is 6.03 Å². The number of aromatic amines is 1. The molecule has 1 aliphatic carbocycles. The molecule has 0 aromatic carbocycles. The molecule has 122 valence electrons. The lowest BCUT2D eigenvalue weighted by molar-refractivity contribution is -0.0429. The Balaban J connectivity index is 1.48. The van der Waals surface area contributed by atoms with Crippen LogP contribution in [-0.2, 0) is 0 Å². The van der Waals surface area contributed by atoms with Crippen molar-refractivity contribution in [3.8, 4) is 0 Å². The fraction of sp³-hybridized carbons (Fsp3) is 0.733. The second-order valence-corrected chi connectivity index (χ2v) is 6.33. The molecule has 0 bridgehead atoms. The zero-order valence-corrected chi connectivity index (χ0v) is 12.5. The number of carbonyl (C=O) groups is 1. The maximum absolute atomic E-state index is 13.4. The van der Waals surface area contributed by atoms with E-state index in [1.54, 1.807) is 17.3 Å². The van der Waals surface area contributed by atoms with E-state index in [1.807, 2.05) is 0 Å². The quantitative estimate of drug-likeness (QED) is 0.882. The van der Waals surface area contributed by atoms with Gasteiger partial charge in [0.05, 0.1) is 0 Å². The van der Waals surface area contributed by atoms with Gasteiger partial charge in [-0.3, -0.25) is 0 Å². The SMILES string of the molecule is O=C(NC1CCCC(F)(F)C1)N1CCC(c2ncc[nH]2)CC1. The number of rotatable bonds is 2. The molecule has 22 heavy (non-hydrogen) atoms. The van der Waals surface area contributed by atoms with E-state index in [-0.39, 0.29) is 18.9 Å². The molecule has 0 spiro atoms. The monoisotopic (exact) mass is 312 g/mol. The van der Waals surface area contributed by atoms with Crippen LogP contribution in [0.2, 0.25) is 0 Å². The van der Waals surface area contributed by atoms with Crippen molar-refractivity contribution in [1.82, 2.24) is 20.2 Å². The van der Waals surface area contributed by atoms with E-state index in [0.29, 0.717) is 31.8 Å². The predicted molar refractivity (Wildman–Crippen MR) is 77.9 cm³/mol. The summed E-state index contributed by atoms with van der Waals surface area (Å²) in [5.41, 5.74) is 0. The molecule has 2 N–H and O–H groups in total. The molecule has 1 unspecified atom stereocenters. The van der Waals surface area contributed by atoms with Gasteiger partial charge in [-0.2, -0.15) is 0 Å². The predicted octanol–water partition coefficient (Wildman–Crippen LogP) is 2.88. The highest BCUT2D eigenvalue weighted by molar-refractivity contribution is 5.74. The molecule has 2 aliphatic rings. The van der Waals surface area contributed by atoms with Gasteiger partial charge in [0.15, 0.2) is 0 Å². The third kappa shape index (κ3) is 3.56. The fourth-order valence-electron chi connectivity index (χ4n) is 3.42. The highest BCUT2D eigenvalue weighted by atomic mass is 19.3. The number of halogens is 2. The summed E-state index contributed by atoms with van der Waals surface area (Å²) in [5, 5.41) is 2.78. The van der Waals surface area contributed by atoms with Gasteiger partial charge in [-0.05, 0) is 25.7 Å². The molecule has 1 saturated heterocycles. The number of H-pyrrole nitrogens is 1. The molecule has 1 aromatic heterocycles. The lowest BCUT2D eigenvalue weighted by Gasteiger charge is -2.34. The normalized spacial score (nSPS) is 25.9. The van der Waals surface area contributed by atoms with Gasteiger partial charge in [0, 0.05) is 50.3 Å². The lowest BCUT2D eigenvalue weighted by Crippen LogP contribution is -2.50. The number of hydrogen-bond acceptors (Lipinski definition) is 2. The number of imidazole rings is 1. The van der Waals surface area contributed by atoms with Crippen LogP contribution in [0.5, 0.6) is 0 Å². The van der Waals surface area contributed by atoms with E-state index >= 15 is 0 Å². The van der Waals surface area contributed by atoms with Gasteiger partial charge in [-0.25, -0.2) is 18.6 Å². The third-order valence-corrected chi connectivity index (χ3v) is 4.66. The summed E-state index contributed by atoms with van der Waals surface area (Å²) in [6, 6.07) is -0.611. The van der Waals surface area contributed by atoms with Crippen molar-refractivity contribution in [2.45, 2.75) is 56.4 Å². The number of nitrogens with one attached hydrogen (secondary N) is 2. The molecule has 7 heteroatoms. The Labute approximate surface area is 128 Å². The molecule has 1 aromatic rings. The smallest absolute Gasteiger partial charge is 0.317 e. The summed E-state index contributed by atoms with van der Waals surface area (Å²) >= 11 is 0. The second-order valence-electron chi connectivity index (χ2n) is 6.33. The van der Waals surface area contributed by atoms with Gasteiger partial charge in [0.2, 0.25) is 5.92 Å². The molecule has 1 atom stereocenters. The van der Waals surface area contributed by atoms with Crippen LogP contribution in [0.4, 0.5) is 13.6 Å². The first kappa shape index (κ1) is 15.2. The molecule has 2 fully saturated rings. The number of hydrogen-bond donors (Lipinski definition) is 2. The minimum absolute atomic E-state index is 0.0616. The van der Waals surface area contributed by atoms with Crippen LogP contribution in [0.1, 0.15) is 50.3 Å². The fourth-order valence-corrected chi connectivity index (χ4v) is 3.42. The number of amides is 2. The van der Waals surface area contributed by atoms with Crippen molar-refractivity contribution < 1.29 is 13.6 Å². The Bertz CT molecular complexity index is 498. The minimum Gasteiger partial charge on any atom is -0.348 e. The van der Waals surface area contributed by atoms with Gasteiger partial charge in [0.1, 0.15) is 5.82 Å². The van der Waals surface area contributed by atoms with Crippen molar-refractivity contribution in [3.05, 3.63) is 18.2 Å². The van der Waals surface area contributed by atoms with Gasteiger partial charge < -0.3 is 15.2 Å². The topological polar surface area (TPSA) is 61.0 Å². The lowest BCUT2D eigenvalue weighted by atomic mass is 9.92. The van der Waals surface area contributed by atoms with Gasteiger partial charge in [-0.15, -0.1) is 0 Å². The minimum atomic E-state index is -2.64. The number of alkyl halides is 2. The largest absolute Gasteiger partial charge is 0.348 e. The molecular formula is C15H22F2N4O. The van der Waals surface area contributed by atoms with Crippen LogP contribution in [0, 0.1) is 0 Å². The van der Waals surface area contributed by atoms with Crippen LogP contribution >= 0.6 is 0 Å². The first-order valence-corrected chi connectivity index (χ1v) is 7.96. The first-order valence-electron chi connectivity index (χ1n) is 7.96. The van der Waals surface area contributed by atoms with Crippen molar-refractivity contribution in [2.24, 2.45) is 0 Å². The number of piperidine rings is 1. The number of carbonyl (C=O) groups excluding carboxylic acids is 1. The molecular weight excluding hydrogens is 290 g/mol. The first-order chi connectivity index (χ1) is 10.5. The molecule has 2 heterocycles. The molecule has 0 radical (unpaired) electrons. The second kappa shape index (κ2) is 6.22. The number of nitrogens with zero attached hydrogens (tertiary/aromatic N) is 2. The maximum Gasteiger partial charge on any atom is 0.317 e. The van der Waals surface area contributed by atoms with E-state index in [0.717, 1.165) is 18.7 Å². The van der Waals surface area contributed by atoms with Crippen molar-refractivity contribution >= 4 is 6.03 Å². The highest BCUT2D eigenvalue weighted by Crippen LogP contribution is 2.33. The number of likely N-dealkylation sites (tertiary alicyclic amines) is 1.